The Bertz CT molecular complexity index is 168. The van der Waals surface area contributed by atoms with Gasteiger partial charge >= 0.3 is 5.97 Å². The van der Waals surface area contributed by atoms with Crippen LogP contribution >= 0.6 is 0 Å². The Morgan fingerprint density at radius 1 is 1.50 bits per heavy atom. The second-order valence-corrected chi connectivity index (χ2v) is 3.69. The van der Waals surface area contributed by atoms with Crippen molar-refractivity contribution in [2.75, 3.05) is 0 Å². The largest absolute Gasteiger partial charge is 0.463 e. The second kappa shape index (κ2) is 3.90. The Morgan fingerprint density at radius 2 is 2.17 bits per heavy atom. The molecule has 1 saturated carbocycles. The van der Waals surface area contributed by atoms with E-state index in [4.69, 9.17) is 10.5 Å². The first-order valence-corrected chi connectivity index (χ1v) is 4.57. The maximum Gasteiger partial charge on any atom is 0.310 e. The molecule has 70 valence electrons. The first-order valence-electron chi connectivity index (χ1n) is 4.57. The van der Waals surface area contributed by atoms with Gasteiger partial charge in [0.25, 0.3) is 0 Å². The molecule has 3 heteroatoms. The third-order valence-corrected chi connectivity index (χ3v) is 2.22. The Balaban J connectivity index is 2.41. The summed E-state index contributed by atoms with van der Waals surface area (Å²) in [5.41, 5.74) is 5.75. The summed E-state index contributed by atoms with van der Waals surface area (Å²) in [4.78, 5) is 11.4. The fourth-order valence-corrected chi connectivity index (χ4v) is 1.60. The van der Waals surface area contributed by atoms with Crippen molar-refractivity contribution in [3.8, 4) is 0 Å². The number of esters is 1. The van der Waals surface area contributed by atoms with Crippen LogP contribution < -0.4 is 5.73 Å². The van der Waals surface area contributed by atoms with Crippen LogP contribution in [0.1, 0.15) is 33.1 Å². The molecule has 0 saturated heterocycles. The van der Waals surface area contributed by atoms with Crippen molar-refractivity contribution in [2.45, 2.75) is 45.3 Å². The van der Waals surface area contributed by atoms with Crippen LogP contribution in [0.25, 0.3) is 0 Å². The number of hydrogen-bond donors (Lipinski definition) is 1. The fourth-order valence-electron chi connectivity index (χ4n) is 1.60. The van der Waals surface area contributed by atoms with Gasteiger partial charge in [0, 0.05) is 6.04 Å². The van der Waals surface area contributed by atoms with Crippen molar-refractivity contribution in [3.05, 3.63) is 0 Å². The molecule has 0 aromatic heterocycles. The molecule has 0 unspecified atom stereocenters. The zero-order valence-electron chi connectivity index (χ0n) is 7.75. The number of ether oxygens (including phenoxy) is 1. The van der Waals surface area contributed by atoms with Crippen LogP contribution in [0.4, 0.5) is 0 Å². The molecule has 0 spiro atoms. The summed E-state index contributed by atoms with van der Waals surface area (Å²) in [5, 5.41) is 0. The summed E-state index contributed by atoms with van der Waals surface area (Å²) in [6.07, 6.45) is 2.88. The van der Waals surface area contributed by atoms with Gasteiger partial charge in [-0.05, 0) is 26.7 Å². The highest BCUT2D eigenvalue weighted by Crippen LogP contribution is 2.25. The van der Waals surface area contributed by atoms with Gasteiger partial charge in [-0.1, -0.05) is 6.42 Å². The smallest absolute Gasteiger partial charge is 0.310 e. The van der Waals surface area contributed by atoms with Crippen LogP contribution in [-0.4, -0.2) is 18.1 Å². The van der Waals surface area contributed by atoms with Crippen LogP contribution in [0, 0.1) is 5.92 Å². The molecule has 3 nitrogen and oxygen atoms in total. The highest BCUT2D eigenvalue weighted by molar-refractivity contribution is 5.73. The molecular formula is C9H17NO2. The van der Waals surface area contributed by atoms with Gasteiger partial charge in [-0.3, -0.25) is 4.79 Å². The molecule has 1 rings (SSSR count). The normalized spacial score (nSPS) is 29.3. The Morgan fingerprint density at radius 3 is 2.58 bits per heavy atom. The van der Waals surface area contributed by atoms with Gasteiger partial charge in [0.15, 0.2) is 0 Å². The molecule has 0 aliphatic heterocycles. The highest BCUT2D eigenvalue weighted by Gasteiger charge is 2.31. The molecule has 1 fully saturated rings. The minimum atomic E-state index is -0.116. The SMILES string of the molecule is CC(C)OC(=O)[C@@H]1CCC[C@@H]1N. The quantitative estimate of drug-likeness (QED) is 0.632. The van der Waals surface area contributed by atoms with E-state index in [9.17, 15) is 4.79 Å². The summed E-state index contributed by atoms with van der Waals surface area (Å²) in [6.45, 7) is 3.72. The van der Waals surface area contributed by atoms with Gasteiger partial charge in [0.2, 0.25) is 0 Å². The lowest BCUT2D eigenvalue weighted by Crippen LogP contribution is -2.33. The van der Waals surface area contributed by atoms with Crippen LogP contribution in [0.2, 0.25) is 0 Å². The molecule has 0 heterocycles. The maximum atomic E-state index is 11.4. The molecule has 1 aliphatic rings. The van der Waals surface area contributed by atoms with Crippen LogP contribution in [0.3, 0.4) is 0 Å². The fraction of sp³-hybridized carbons (Fsp3) is 0.889. The monoisotopic (exact) mass is 171 g/mol. The maximum absolute atomic E-state index is 11.4. The predicted molar refractivity (Wildman–Crippen MR) is 46.5 cm³/mol. The number of carbonyl (C=O) groups excluding carboxylic acids is 1. The van der Waals surface area contributed by atoms with Gasteiger partial charge in [0.05, 0.1) is 12.0 Å². The Hall–Kier alpha value is -0.570. The van der Waals surface area contributed by atoms with Gasteiger partial charge in [-0.15, -0.1) is 0 Å². The van der Waals surface area contributed by atoms with Crippen molar-refractivity contribution in [1.29, 1.82) is 0 Å². The molecule has 0 aromatic rings. The minimum Gasteiger partial charge on any atom is -0.463 e. The molecule has 0 aromatic carbocycles. The van der Waals surface area contributed by atoms with Crippen molar-refractivity contribution in [3.63, 3.8) is 0 Å². The van der Waals surface area contributed by atoms with Crippen molar-refractivity contribution >= 4 is 5.97 Å². The Kier molecular flexibility index (Phi) is 3.09. The molecule has 2 atom stereocenters. The summed E-state index contributed by atoms with van der Waals surface area (Å²) >= 11 is 0. The predicted octanol–water partition coefficient (Wildman–Crippen LogP) is 1.07. The summed E-state index contributed by atoms with van der Waals surface area (Å²) < 4.78 is 5.09. The van der Waals surface area contributed by atoms with Crippen LogP contribution in [-0.2, 0) is 9.53 Å². The van der Waals surface area contributed by atoms with E-state index in [1.807, 2.05) is 13.8 Å². The molecule has 2 N–H and O–H groups in total. The standard InChI is InChI=1S/C9H17NO2/c1-6(2)12-9(11)7-4-3-5-8(7)10/h6-8H,3-5,10H2,1-2H3/t7-,8+/m1/s1. The van der Waals surface area contributed by atoms with E-state index in [-0.39, 0.29) is 24.0 Å². The zero-order valence-corrected chi connectivity index (χ0v) is 7.75. The highest BCUT2D eigenvalue weighted by atomic mass is 16.5. The molecule has 0 bridgehead atoms. The summed E-state index contributed by atoms with van der Waals surface area (Å²) in [5.74, 6) is -0.164. The Labute approximate surface area is 73.3 Å². The average Bonchev–Trinajstić information content (AvgIpc) is 2.33. The second-order valence-electron chi connectivity index (χ2n) is 3.69. The van der Waals surface area contributed by atoms with Gasteiger partial charge in [-0.25, -0.2) is 0 Å². The minimum absolute atomic E-state index is 0.0229. The van der Waals surface area contributed by atoms with E-state index in [1.54, 1.807) is 0 Å². The first-order chi connectivity index (χ1) is 5.61. The van der Waals surface area contributed by atoms with E-state index >= 15 is 0 Å². The third-order valence-electron chi connectivity index (χ3n) is 2.22. The van der Waals surface area contributed by atoms with E-state index in [0.717, 1.165) is 19.3 Å². The van der Waals surface area contributed by atoms with E-state index in [1.165, 1.54) is 0 Å². The van der Waals surface area contributed by atoms with E-state index in [0.29, 0.717) is 0 Å². The topological polar surface area (TPSA) is 52.3 Å². The number of carbonyl (C=O) groups is 1. The van der Waals surface area contributed by atoms with Crippen molar-refractivity contribution < 1.29 is 9.53 Å². The van der Waals surface area contributed by atoms with Gasteiger partial charge in [-0.2, -0.15) is 0 Å². The van der Waals surface area contributed by atoms with E-state index < -0.39 is 0 Å². The average molecular weight is 171 g/mol. The molecule has 0 amide bonds. The lowest BCUT2D eigenvalue weighted by atomic mass is 10.1. The molecular weight excluding hydrogens is 154 g/mol. The van der Waals surface area contributed by atoms with Crippen LogP contribution in [0.5, 0.6) is 0 Å². The molecule has 0 radical (unpaired) electrons. The lowest BCUT2D eigenvalue weighted by molar-refractivity contribution is -0.152. The molecule has 1 aliphatic carbocycles. The number of rotatable bonds is 2. The molecule has 12 heavy (non-hydrogen) atoms. The van der Waals surface area contributed by atoms with E-state index in [2.05, 4.69) is 0 Å². The third kappa shape index (κ3) is 2.21. The van der Waals surface area contributed by atoms with Crippen molar-refractivity contribution in [1.82, 2.24) is 0 Å². The van der Waals surface area contributed by atoms with Gasteiger partial charge in [0.1, 0.15) is 0 Å². The number of nitrogens with two attached hydrogens (primary N) is 1. The van der Waals surface area contributed by atoms with Crippen LogP contribution in [0.15, 0.2) is 0 Å². The summed E-state index contributed by atoms with van der Waals surface area (Å²) in [6, 6.07) is 0.0243. The zero-order chi connectivity index (χ0) is 9.14. The van der Waals surface area contributed by atoms with Gasteiger partial charge < -0.3 is 10.5 Å². The summed E-state index contributed by atoms with van der Waals surface area (Å²) in [7, 11) is 0. The number of hydrogen-bond acceptors (Lipinski definition) is 3. The lowest BCUT2D eigenvalue weighted by Gasteiger charge is -2.15. The first kappa shape index (κ1) is 9.52. The van der Waals surface area contributed by atoms with Crippen molar-refractivity contribution in [2.24, 2.45) is 11.7 Å².